The van der Waals surface area contributed by atoms with Gasteiger partial charge in [-0.1, -0.05) is 13.8 Å². The van der Waals surface area contributed by atoms with Crippen LogP contribution in [0.1, 0.15) is 37.9 Å². The topological polar surface area (TPSA) is 78.4 Å². The summed E-state index contributed by atoms with van der Waals surface area (Å²) in [7, 11) is 1.13. The summed E-state index contributed by atoms with van der Waals surface area (Å²) in [5, 5.41) is 0. The zero-order valence-electron chi connectivity index (χ0n) is 12.7. The highest BCUT2D eigenvalue weighted by molar-refractivity contribution is 6.29. The number of hydrogen-bond donors (Lipinski definition) is 0. The van der Waals surface area contributed by atoms with Crippen LogP contribution in [0.3, 0.4) is 0 Å². The maximum Gasteiger partial charge on any atom is 0.418 e. The van der Waals surface area contributed by atoms with Crippen LogP contribution in [0, 0.1) is 19.8 Å². The van der Waals surface area contributed by atoms with Gasteiger partial charge in [0.2, 0.25) is 0 Å². The molecule has 0 spiro atoms. The number of esters is 2. The molecule has 0 saturated heterocycles. The number of rotatable bonds is 3. The molecule has 6 heteroatoms. The van der Waals surface area contributed by atoms with E-state index in [0.717, 1.165) is 7.11 Å². The van der Waals surface area contributed by atoms with Gasteiger partial charge >= 0.3 is 11.9 Å². The SMILES string of the molecule is COC(=O)C(=O)OC(C)(c1nc(C)cnc1C)C(C)C. The first kappa shape index (κ1) is 16.1. The van der Waals surface area contributed by atoms with Gasteiger partial charge in [-0.15, -0.1) is 0 Å². The number of carbonyl (C=O) groups is 2. The van der Waals surface area contributed by atoms with E-state index < -0.39 is 17.5 Å². The lowest BCUT2D eigenvalue weighted by atomic mass is 9.87. The Balaban J connectivity index is 3.25. The number of carbonyl (C=O) groups excluding carboxylic acids is 2. The fraction of sp³-hybridized carbons (Fsp3) is 0.571. The first-order valence-corrected chi connectivity index (χ1v) is 6.34. The van der Waals surface area contributed by atoms with E-state index in [2.05, 4.69) is 14.7 Å². The Labute approximate surface area is 118 Å². The molecule has 1 heterocycles. The Morgan fingerprint density at radius 2 is 1.85 bits per heavy atom. The first-order chi connectivity index (χ1) is 9.22. The fourth-order valence-electron chi connectivity index (χ4n) is 1.76. The smallest absolute Gasteiger partial charge is 0.418 e. The van der Waals surface area contributed by atoms with Gasteiger partial charge in [-0.05, 0) is 26.7 Å². The van der Waals surface area contributed by atoms with Gasteiger partial charge in [-0.2, -0.15) is 0 Å². The third-order valence-corrected chi connectivity index (χ3v) is 3.30. The van der Waals surface area contributed by atoms with Gasteiger partial charge in [0.15, 0.2) is 5.60 Å². The lowest BCUT2D eigenvalue weighted by Gasteiger charge is -2.33. The van der Waals surface area contributed by atoms with Crippen LogP contribution in [0.2, 0.25) is 0 Å². The lowest BCUT2D eigenvalue weighted by Crippen LogP contribution is -2.39. The van der Waals surface area contributed by atoms with Crippen LogP contribution in [-0.4, -0.2) is 29.0 Å². The summed E-state index contributed by atoms with van der Waals surface area (Å²) in [5.74, 6) is -2.16. The van der Waals surface area contributed by atoms with E-state index in [-0.39, 0.29) is 5.92 Å². The molecule has 0 aliphatic rings. The summed E-state index contributed by atoms with van der Waals surface area (Å²) in [6.45, 7) is 9.07. The van der Waals surface area contributed by atoms with Crippen molar-refractivity contribution < 1.29 is 19.1 Å². The van der Waals surface area contributed by atoms with E-state index >= 15 is 0 Å². The minimum absolute atomic E-state index is 0.0918. The third kappa shape index (κ3) is 3.12. The largest absolute Gasteiger partial charge is 0.461 e. The van der Waals surface area contributed by atoms with E-state index in [1.54, 1.807) is 27.0 Å². The number of ether oxygens (including phenoxy) is 2. The average molecular weight is 280 g/mol. The molecule has 0 N–H and O–H groups in total. The van der Waals surface area contributed by atoms with Crippen LogP contribution in [0.5, 0.6) is 0 Å². The molecule has 1 rings (SSSR count). The van der Waals surface area contributed by atoms with Crippen LogP contribution < -0.4 is 0 Å². The zero-order valence-corrected chi connectivity index (χ0v) is 12.7. The average Bonchev–Trinajstić information content (AvgIpc) is 2.39. The van der Waals surface area contributed by atoms with Gasteiger partial charge in [-0.25, -0.2) is 9.59 Å². The zero-order chi connectivity index (χ0) is 15.5. The molecule has 1 aromatic rings. The Morgan fingerprint density at radius 3 is 2.35 bits per heavy atom. The van der Waals surface area contributed by atoms with Gasteiger partial charge in [0.1, 0.15) is 5.69 Å². The molecule has 20 heavy (non-hydrogen) atoms. The maximum atomic E-state index is 11.7. The first-order valence-electron chi connectivity index (χ1n) is 6.34. The van der Waals surface area contributed by atoms with Gasteiger partial charge in [-0.3, -0.25) is 9.97 Å². The second-order valence-corrected chi connectivity index (χ2v) is 5.09. The standard InChI is InChI=1S/C14H20N2O4/c1-8(2)14(5,20-13(18)12(17)19-6)11-10(4)15-7-9(3)16-11/h7-8H,1-6H3. The molecule has 0 amide bonds. The number of aromatic nitrogens is 2. The Bertz CT molecular complexity index is 528. The summed E-state index contributed by atoms with van der Waals surface area (Å²) in [6, 6.07) is 0. The van der Waals surface area contributed by atoms with Crippen molar-refractivity contribution >= 4 is 11.9 Å². The normalized spacial score (nSPS) is 13.8. The van der Waals surface area contributed by atoms with Crippen LogP contribution >= 0.6 is 0 Å². The Morgan fingerprint density at radius 1 is 1.25 bits per heavy atom. The highest BCUT2D eigenvalue weighted by Crippen LogP contribution is 2.33. The quantitative estimate of drug-likeness (QED) is 0.619. The second kappa shape index (κ2) is 5.98. The van der Waals surface area contributed by atoms with Gasteiger partial charge < -0.3 is 9.47 Å². The predicted octanol–water partition coefficient (Wildman–Crippen LogP) is 1.68. The van der Waals surface area contributed by atoms with Crippen LogP contribution in [0.15, 0.2) is 6.20 Å². The number of nitrogens with zero attached hydrogens (tertiary/aromatic N) is 2. The molecule has 0 fully saturated rings. The van der Waals surface area contributed by atoms with E-state index in [0.29, 0.717) is 17.1 Å². The van der Waals surface area contributed by atoms with Crippen molar-refractivity contribution in [2.45, 2.75) is 40.2 Å². The molecule has 0 bridgehead atoms. The monoisotopic (exact) mass is 280 g/mol. The summed E-state index contributed by atoms with van der Waals surface area (Å²) in [5.41, 5.74) is 0.870. The van der Waals surface area contributed by atoms with Crippen molar-refractivity contribution in [2.24, 2.45) is 5.92 Å². The molecule has 0 aromatic carbocycles. The summed E-state index contributed by atoms with van der Waals surface area (Å²) in [4.78, 5) is 31.6. The summed E-state index contributed by atoms with van der Waals surface area (Å²) < 4.78 is 9.74. The molecule has 0 radical (unpaired) electrons. The highest BCUT2D eigenvalue weighted by atomic mass is 16.6. The molecule has 1 aromatic heterocycles. The van der Waals surface area contributed by atoms with Crippen molar-refractivity contribution in [3.05, 3.63) is 23.3 Å². The molecule has 6 nitrogen and oxygen atoms in total. The van der Waals surface area contributed by atoms with Crippen molar-refractivity contribution in [3.63, 3.8) is 0 Å². The number of methoxy groups -OCH3 is 1. The molecule has 0 saturated carbocycles. The molecule has 0 aliphatic heterocycles. The van der Waals surface area contributed by atoms with Crippen LogP contribution in [0.25, 0.3) is 0 Å². The van der Waals surface area contributed by atoms with Gasteiger partial charge in [0.05, 0.1) is 18.5 Å². The van der Waals surface area contributed by atoms with Crippen molar-refractivity contribution in [2.75, 3.05) is 7.11 Å². The minimum Gasteiger partial charge on any atom is -0.461 e. The molecule has 1 atom stereocenters. The predicted molar refractivity (Wildman–Crippen MR) is 71.8 cm³/mol. The molecular weight excluding hydrogens is 260 g/mol. The molecule has 110 valence electrons. The van der Waals surface area contributed by atoms with Crippen LogP contribution in [0.4, 0.5) is 0 Å². The Kier molecular flexibility index (Phi) is 4.81. The van der Waals surface area contributed by atoms with E-state index in [1.807, 2.05) is 13.8 Å². The van der Waals surface area contributed by atoms with Gasteiger partial charge in [0, 0.05) is 6.20 Å². The van der Waals surface area contributed by atoms with E-state index in [1.165, 1.54) is 0 Å². The number of aryl methyl sites for hydroxylation is 2. The lowest BCUT2D eigenvalue weighted by molar-refractivity contribution is -0.179. The number of hydrogen-bond acceptors (Lipinski definition) is 6. The Hall–Kier alpha value is -1.98. The molecular formula is C14H20N2O4. The van der Waals surface area contributed by atoms with Crippen molar-refractivity contribution in [1.29, 1.82) is 0 Å². The molecule has 0 aliphatic carbocycles. The highest BCUT2D eigenvalue weighted by Gasteiger charge is 2.40. The fourth-order valence-corrected chi connectivity index (χ4v) is 1.76. The van der Waals surface area contributed by atoms with E-state index in [9.17, 15) is 9.59 Å². The summed E-state index contributed by atoms with van der Waals surface area (Å²) in [6.07, 6.45) is 1.64. The maximum absolute atomic E-state index is 11.7. The minimum atomic E-state index is -1.05. The van der Waals surface area contributed by atoms with Crippen molar-refractivity contribution in [3.8, 4) is 0 Å². The van der Waals surface area contributed by atoms with E-state index in [4.69, 9.17) is 4.74 Å². The molecule has 1 unspecified atom stereocenters. The van der Waals surface area contributed by atoms with Crippen molar-refractivity contribution in [1.82, 2.24) is 9.97 Å². The van der Waals surface area contributed by atoms with Gasteiger partial charge in [0.25, 0.3) is 0 Å². The third-order valence-electron chi connectivity index (χ3n) is 3.30. The second-order valence-electron chi connectivity index (χ2n) is 5.09. The summed E-state index contributed by atoms with van der Waals surface area (Å²) >= 11 is 0. The van der Waals surface area contributed by atoms with Crippen LogP contribution in [-0.2, 0) is 24.7 Å².